The van der Waals surface area contributed by atoms with Gasteiger partial charge >= 0.3 is 0 Å². The molecule has 0 radical (unpaired) electrons. The third kappa shape index (κ3) is 5.54. The molecule has 1 aromatic carbocycles. The van der Waals surface area contributed by atoms with Crippen molar-refractivity contribution >= 4 is 38.9 Å². The maximum absolute atomic E-state index is 5.51. The van der Waals surface area contributed by atoms with Crippen molar-refractivity contribution in [3.8, 4) is 0 Å². The molecule has 0 unspecified atom stereocenters. The lowest BCUT2D eigenvalue weighted by molar-refractivity contribution is 0.170. The molecule has 2 rings (SSSR count). The van der Waals surface area contributed by atoms with Gasteiger partial charge in [-0.2, -0.15) is 0 Å². The SMILES string of the molecule is CN(C)CCN1CCN(C(=S)Nc2ccc(Br)cc2)CC1. The van der Waals surface area contributed by atoms with E-state index in [0.29, 0.717) is 0 Å². The number of hydrogen-bond acceptors (Lipinski definition) is 3. The van der Waals surface area contributed by atoms with E-state index in [9.17, 15) is 0 Å². The number of thiocarbonyl (C=S) groups is 1. The van der Waals surface area contributed by atoms with Crippen LogP contribution in [0.5, 0.6) is 0 Å². The van der Waals surface area contributed by atoms with Crippen LogP contribution in [0.2, 0.25) is 0 Å². The Morgan fingerprint density at radius 1 is 1.19 bits per heavy atom. The number of anilines is 1. The molecule has 1 aliphatic rings. The number of halogens is 1. The molecule has 6 heteroatoms. The number of likely N-dealkylation sites (N-methyl/N-ethyl adjacent to an activating group) is 1. The first-order chi connectivity index (χ1) is 10.0. The minimum absolute atomic E-state index is 0.824. The van der Waals surface area contributed by atoms with Crippen LogP contribution in [0, 0.1) is 0 Å². The first-order valence-electron chi connectivity index (χ1n) is 7.23. The van der Waals surface area contributed by atoms with E-state index in [4.69, 9.17) is 12.2 Å². The van der Waals surface area contributed by atoms with Crippen LogP contribution in [0.15, 0.2) is 28.7 Å². The van der Waals surface area contributed by atoms with Crippen LogP contribution in [0.3, 0.4) is 0 Å². The Labute approximate surface area is 141 Å². The number of benzene rings is 1. The summed E-state index contributed by atoms with van der Waals surface area (Å²) < 4.78 is 1.08. The van der Waals surface area contributed by atoms with E-state index >= 15 is 0 Å². The van der Waals surface area contributed by atoms with Crippen LogP contribution in [0.1, 0.15) is 0 Å². The molecule has 0 saturated carbocycles. The predicted molar refractivity (Wildman–Crippen MR) is 96.9 cm³/mol. The monoisotopic (exact) mass is 370 g/mol. The Kier molecular flexibility index (Phi) is 6.41. The lowest BCUT2D eigenvalue weighted by Gasteiger charge is -2.36. The maximum atomic E-state index is 5.51. The summed E-state index contributed by atoms with van der Waals surface area (Å²) in [4.78, 5) is 6.98. The van der Waals surface area contributed by atoms with Gasteiger partial charge in [0.25, 0.3) is 0 Å². The van der Waals surface area contributed by atoms with E-state index in [1.54, 1.807) is 0 Å². The Morgan fingerprint density at radius 2 is 1.81 bits per heavy atom. The normalized spacial score (nSPS) is 16.3. The fourth-order valence-corrected chi connectivity index (χ4v) is 2.82. The molecule has 116 valence electrons. The maximum Gasteiger partial charge on any atom is 0.173 e. The van der Waals surface area contributed by atoms with Crippen LogP contribution < -0.4 is 5.32 Å². The highest BCUT2D eigenvalue weighted by Gasteiger charge is 2.18. The third-order valence-corrected chi connectivity index (χ3v) is 4.51. The van der Waals surface area contributed by atoms with Crippen molar-refractivity contribution in [3.63, 3.8) is 0 Å². The van der Waals surface area contributed by atoms with Crippen LogP contribution in [-0.2, 0) is 0 Å². The third-order valence-electron chi connectivity index (χ3n) is 3.62. The lowest BCUT2D eigenvalue weighted by atomic mass is 10.3. The number of nitrogens with zero attached hydrogens (tertiary/aromatic N) is 3. The first-order valence-corrected chi connectivity index (χ1v) is 8.43. The predicted octanol–water partition coefficient (Wildman–Crippen LogP) is 2.33. The topological polar surface area (TPSA) is 21.8 Å². The molecule has 1 aromatic rings. The number of nitrogens with one attached hydrogen (secondary N) is 1. The first kappa shape index (κ1) is 16.7. The standard InChI is InChI=1S/C15H23BrN4S/c1-18(2)7-8-19-9-11-20(12-10-19)15(21)17-14-5-3-13(16)4-6-14/h3-6H,7-12H2,1-2H3,(H,17,21). The molecule has 4 nitrogen and oxygen atoms in total. The van der Waals surface area contributed by atoms with Gasteiger partial charge in [0.15, 0.2) is 5.11 Å². The Hall–Kier alpha value is -0.690. The Morgan fingerprint density at radius 3 is 2.38 bits per heavy atom. The number of rotatable bonds is 4. The van der Waals surface area contributed by atoms with Crippen molar-refractivity contribution < 1.29 is 0 Å². The number of piperazine rings is 1. The van der Waals surface area contributed by atoms with Gasteiger partial charge in [0.2, 0.25) is 0 Å². The molecular weight excluding hydrogens is 348 g/mol. The van der Waals surface area contributed by atoms with E-state index < -0.39 is 0 Å². The molecule has 0 bridgehead atoms. The van der Waals surface area contributed by atoms with Crippen molar-refractivity contribution in [2.24, 2.45) is 0 Å². The molecule has 0 spiro atoms. The molecule has 1 N–H and O–H groups in total. The van der Waals surface area contributed by atoms with Gasteiger partial charge in [0.05, 0.1) is 0 Å². The van der Waals surface area contributed by atoms with Crippen molar-refractivity contribution in [1.82, 2.24) is 14.7 Å². The van der Waals surface area contributed by atoms with Crippen LogP contribution in [-0.4, -0.2) is 73.2 Å². The van der Waals surface area contributed by atoms with Crippen molar-refractivity contribution in [2.45, 2.75) is 0 Å². The second-order valence-electron chi connectivity index (χ2n) is 5.57. The summed E-state index contributed by atoms with van der Waals surface area (Å²) in [5, 5.41) is 4.14. The fourth-order valence-electron chi connectivity index (χ4n) is 2.25. The van der Waals surface area contributed by atoms with Gasteiger partial charge < -0.3 is 15.1 Å². The highest BCUT2D eigenvalue weighted by Crippen LogP contribution is 2.15. The summed E-state index contributed by atoms with van der Waals surface area (Å²) in [7, 11) is 4.24. The second kappa shape index (κ2) is 8.08. The van der Waals surface area contributed by atoms with E-state index in [1.807, 2.05) is 24.3 Å². The second-order valence-corrected chi connectivity index (χ2v) is 6.87. The minimum atomic E-state index is 0.824. The zero-order valence-electron chi connectivity index (χ0n) is 12.7. The number of hydrogen-bond donors (Lipinski definition) is 1. The lowest BCUT2D eigenvalue weighted by Crippen LogP contribution is -2.51. The van der Waals surface area contributed by atoms with Gasteiger partial charge in [-0.05, 0) is 50.6 Å². The molecule has 1 fully saturated rings. The molecule has 0 atom stereocenters. The van der Waals surface area contributed by atoms with E-state index in [-0.39, 0.29) is 0 Å². The van der Waals surface area contributed by atoms with Gasteiger partial charge in [-0.3, -0.25) is 4.90 Å². The molecule has 1 aliphatic heterocycles. The summed E-state index contributed by atoms with van der Waals surface area (Å²) in [6.07, 6.45) is 0. The zero-order valence-corrected chi connectivity index (χ0v) is 15.1. The molecular formula is C15H23BrN4S. The van der Waals surface area contributed by atoms with Gasteiger partial charge in [-0.15, -0.1) is 0 Å². The molecule has 0 aliphatic carbocycles. The van der Waals surface area contributed by atoms with E-state index in [1.165, 1.54) is 0 Å². The summed E-state index contributed by atoms with van der Waals surface area (Å²) in [6, 6.07) is 8.10. The van der Waals surface area contributed by atoms with Crippen LogP contribution in [0.4, 0.5) is 5.69 Å². The molecule has 1 saturated heterocycles. The van der Waals surface area contributed by atoms with E-state index in [0.717, 1.165) is 54.5 Å². The zero-order chi connectivity index (χ0) is 15.2. The van der Waals surface area contributed by atoms with Gasteiger partial charge in [0, 0.05) is 49.4 Å². The average Bonchev–Trinajstić information content (AvgIpc) is 2.48. The summed E-state index contributed by atoms with van der Waals surface area (Å²) in [5.74, 6) is 0. The smallest absolute Gasteiger partial charge is 0.173 e. The summed E-state index contributed by atoms with van der Waals surface area (Å²) >= 11 is 8.95. The summed E-state index contributed by atoms with van der Waals surface area (Å²) in [6.45, 7) is 6.40. The van der Waals surface area contributed by atoms with Gasteiger partial charge in [-0.25, -0.2) is 0 Å². The van der Waals surface area contributed by atoms with Crippen LogP contribution >= 0.6 is 28.1 Å². The Balaban J connectivity index is 1.76. The van der Waals surface area contributed by atoms with Crippen molar-refractivity contribution in [1.29, 1.82) is 0 Å². The molecule has 1 heterocycles. The van der Waals surface area contributed by atoms with Crippen LogP contribution in [0.25, 0.3) is 0 Å². The molecule has 21 heavy (non-hydrogen) atoms. The van der Waals surface area contributed by atoms with Gasteiger partial charge in [-0.1, -0.05) is 15.9 Å². The minimum Gasteiger partial charge on any atom is -0.346 e. The van der Waals surface area contributed by atoms with Crippen molar-refractivity contribution in [2.75, 3.05) is 58.7 Å². The van der Waals surface area contributed by atoms with Gasteiger partial charge in [0.1, 0.15) is 0 Å². The largest absolute Gasteiger partial charge is 0.346 e. The molecule has 0 amide bonds. The summed E-state index contributed by atoms with van der Waals surface area (Å²) in [5.41, 5.74) is 1.04. The van der Waals surface area contributed by atoms with E-state index in [2.05, 4.69) is 50.0 Å². The quantitative estimate of drug-likeness (QED) is 0.818. The average molecular weight is 371 g/mol. The van der Waals surface area contributed by atoms with Crippen molar-refractivity contribution in [3.05, 3.63) is 28.7 Å². The fraction of sp³-hybridized carbons (Fsp3) is 0.533. The highest BCUT2D eigenvalue weighted by atomic mass is 79.9. The Bertz CT molecular complexity index is 455. The highest BCUT2D eigenvalue weighted by molar-refractivity contribution is 9.10. The molecule has 0 aromatic heterocycles.